The first-order valence-corrected chi connectivity index (χ1v) is 5.81. The summed E-state index contributed by atoms with van der Waals surface area (Å²) >= 11 is 0. The van der Waals surface area contributed by atoms with E-state index in [-0.39, 0.29) is 18.0 Å². The van der Waals surface area contributed by atoms with Gasteiger partial charge in [0.1, 0.15) is 5.82 Å². The van der Waals surface area contributed by atoms with Gasteiger partial charge in [-0.3, -0.25) is 10.1 Å². The fourth-order valence-corrected chi connectivity index (χ4v) is 1.88. The van der Waals surface area contributed by atoms with Crippen molar-refractivity contribution in [3.05, 3.63) is 69.5 Å². The van der Waals surface area contributed by atoms with Crippen molar-refractivity contribution in [2.45, 2.75) is 13.5 Å². The Balaban J connectivity index is 2.22. The van der Waals surface area contributed by atoms with E-state index in [0.29, 0.717) is 11.3 Å². The Morgan fingerprint density at radius 1 is 1.21 bits per heavy atom. The summed E-state index contributed by atoms with van der Waals surface area (Å²) < 4.78 is 13.6. The lowest BCUT2D eigenvalue weighted by Gasteiger charge is -2.10. The van der Waals surface area contributed by atoms with E-state index in [0.717, 1.165) is 5.56 Å². The molecule has 1 N–H and O–H groups in total. The van der Waals surface area contributed by atoms with Crippen molar-refractivity contribution < 1.29 is 9.31 Å². The van der Waals surface area contributed by atoms with Gasteiger partial charge in [-0.1, -0.05) is 30.3 Å². The van der Waals surface area contributed by atoms with Crippen LogP contribution in [0, 0.1) is 22.9 Å². The number of aryl methyl sites for hydroxylation is 1. The highest BCUT2D eigenvalue weighted by molar-refractivity contribution is 5.53. The molecule has 0 heterocycles. The standard InChI is InChI=1S/C14H13FN2O2/c1-10-5-4-7-12(15)14(10)16-9-11-6-2-3-8-13(11)17(18)19/h2-8,16H,9H2,1H3. The lowest BCUT2D eigenvalue weighted by atomic mass is 10.1. The Bertz CT molecular complexity index is 594. The highest BCUT2D eigenvalue weighted by Gasteiger charge is 2.13. The van der Waals surface area contributed by atoms with Crippen LogP contribution in [0.3, 0.4) is 0 Å². The average Bonchev–Trinajstić information content (AvgIpc) is 2.38. The molecule has 0 spiro atoms. The summed E-state index contributed by atoms with van der Waals surface area (Å²) in [5, 5.41) is 13.8. The molecule has 0 bridgehead atoms. The summed E-state index contributed by atoms with van der Waals surface area (Å²) in [6.45, 7) is 1.99. The largest absolute Gasteiger partial charge is 0.378 e. The number of para-hydroxylation sites is 2. The molecular formula is C14H13FN2O2. The van der Waals surface area contributed by atoms with Crippen molar-refractivity contribution in [2.75, 3.05) is 5.32 Å². The number of hydrogen-bond acceptors (Lipinski definition) is 3. The van der Waals surface area contributed by atoms with Crippen LogP contribution in [0.2, 0.25) is 0 Å². The smallest absolute Gasteiger partial charge is 0.274 e. The molecule has 2 rings (SSSR count). The fraction of sp³-hybridized carbons (Fsp3) is 0.143. The predicted octanol–water partition coefficient (Wildman–Crippen LogP) is 3.65. The van der Waals surface area contributed by atoms with Gasteiger partial charge in [-0.05, 0) is 18.6 Å². The van der Waals surface area contributed by atoms with E-state index < -0.39 is 4.92 Å². The van der Waals surface area contributed by atoms with Crippen LogP contribution in [0.25, 0.3) is 0 Å². The molecule has 0 aliphatic heterocycles. The van der Waals surface area contributed by atoms with E-state index in [9.17, 15) is 14.5 Å². The fourth-order valence-electron chi connectivity index (χ4n) is 1.88. The number of nitrogens with one attached hydrogen (secondary N) is 1. The van der Waals surface area contributed by atoms with Crippen molar-refractivity contribution in [1.29, 1.82) is 0 Å². The third-order valence-corrected chi connectivity index (χ3v) is 2.87. The van der Waals surface area contributed by atoms with Crippen LogP contribution in [0.5, 0.6) is 0 Å². The summed E-state index contributed by atoms with van der Waals surface area (Å²) in [6.07, 6.45) is 0. The van der Waals surface area contributed by atoms with Crippen molar-refractivity contribution >= 4 is 11.4 Å². The summed E-state index contributed by atoms with van der Waals surface area (Å²) in [5.41, 5.74) is 1.69. The molecule has 0 unspecified atom stereocenters. The Kier molecular flexibility index (Phi) is 3.75. The van der Waals surface area contributed by atoms with Crippen LogP contribution >= 0.6 is 0 Å². The molecule has 0 aliphatic rings. The molecule has 4 nitrogen and oxygen atoms in total. The summed E-state index contributed by atoms with van der Waals surface area (Å²) in [5.74, 6) is -0.362. The molecular weight excluding hydrogens is 247 g/mol. The molecule has 0 radical (unpaired) electrons. The Labute approximate surface area is 110 Å². The lowest BCUT2D eigenvalue weighted by molar-refractivity contribution is -0.385. The van der Waals surface area contributed by atoms with Crippen LogP contribution in [0.1, 0.15) is 11.1 Å². The van der Waals surface area contributed by atoms with Crippen LogP contribution in [0.4, 0.5) is 15.8 Å². The van der Waals surface area contributed by atoms with Gasteiger partial charge in [0.05, 0.1) is 10.6 Å². The van der Waals surface area contributed by atoms with Gasteiger partial charge in [0, 0.05) is 18.2 Å². The van der Waals surface area contributed by atoms with Gasteiger partial charge in [0.2, 0.25) is 0 Å². The number of nitro benzene ring substituents is 1. The Morgan fingerprint density at radius 3 is 2.63 bits per heavy atom. The minimum Gasteiger partial charge on any atom is -0.378 e. The summed E-state index contributed by atoms with van der Waals surface area (Å²) in [7, 11) is 0. The number of anilines is 1. The normalized spacial score (nSPS) is 10.2. The Hall–Kier alpha value is -2.43. The molecule has 0 atom stereocenters. The van der Waals surface area contributed by atoms with Gasteiger partial charge >= 0.3 is 0 Å². The molecule has 0 amide bonds. The number of benzene rings is 2. The molecule has 5 heteroatoms. The molecule has 98 valence electrons. The zero-order valence-electron chi connectivity index (χ0n) is 10.4. The van der Waals surface area contributed by atoms with Gasteiger partial charge in [0.25, 0.3) is 5.69 Å². The van der Waals surface area contributed by atoms with Crippen LogP contribution in [0.15, 0.2) is 42.5 Å². The predicted molar refractivity (Wildman–Crippen MR) is 71.6 cm³/mol. The average molecular weight is 260 g/mol. The SMILES string of the molecule is Cc1cccc(F)c1NCc1ccccc1[N+](=O)[O-]. The maximum atomic E-state index is 13.6. The van der Waals surface area contributed by atoms with Crippen molar-refractivity contribution in [3.8, 4) is 0 Å². The number of rotatable bonds is 4. The zero-order valence-corrected chi connectivity index (χ0v) is 10.4. The van der Waals surface area contributed by atoms with Crippen LogP contribution in [-0.4, -0.2) is 4.92 Å². The van der Waals surface area contributed by atoms with Gasteiger partial charge < -0.3 is 5.32 Å². The maximum Gasteiger partial charge on any atom is 0.274 e. The second kappa shape index (κ2) is 5.48. The van der Waals surface area contributed by atoms with E-state index in [1.54, 1.807) is 37.3 Å². The topological polar surface area (TPSA) is 55.2 Å². The molecule has 0 saturated carbocycles. The van der Waals surface area contributed by atoms with Gasteiger partial charge in [0.15, 0.2) is 0 Å². The molecule has 0 saturated heterocycles. The van der Waals surface area contributed by atoms with Crippen molar-refractivity contribution in [3.63, 3.8) is 0 Å². The molecule has 19 heavy (non-hydrogen) atoms. The summed E-state index contributed by atoms with van der Waals surface area (Å²) in [6, 6.07) is 11.2. The Morgan fingerprint density at radius 2 is 1.95 bits per heavy atom. The molecule has 0 aromatic heterocycles. The van der Waals surface area contributed by atoms with Gasteiger partial charge in [-0.15, -0.1) is 0 Å². The van der Waals surface area contributed by atoms with Crippen molar-refractivity contribution in [2.24, 2.45) is 0 Å². The lowest BCUT2D eigenvalue weighted by Crippen LogP contribution is -2.05. The number of halogens is 1. The van der Waals surface area contributed by atoms with E-state index in [1.807, 2.05) is 0 Å². The maximum absolute atomic E-state index is 13.6. The first-order chi connectivity index (χ1) is 9.09. The molecule has 2 aromatic carbocycles. The minimum absolute atomic E-state index is 0.0315. The third-order valence-electron chi connectivity index (χ3n) is 2.87. The number of nitrogens with zero attached hydrogens (tertiary/aromatic N) is 1. The second-order valence-corrected chi connectivity index (χ2v) is 4.17. The molecule has 0 aliphatic carbocycles. The second-order valence-electron chi connectivity index (χ2n) is 4.17. The van der Waals surface area contributed by atoms with Crippen molar-refractivity contribution in [1.82, 2.24) is 0 Å². The zero-order chi connectivity index (χ0) is 13.8. The highest BCUT2D eigenvalue weighted by Crippen LogP contribution is 2.22. The monoisotopic (exact) mass is 260 g/mol. The quantitative estimate of drug-likeness (QED) is 0.674. The first kappa shape index (κ1) is 13.0. The number of hydrogen-bond donors (Lipinski definition) is 1. The van der Waals surface area contributed by atoms with E-state index in [2.05, 4.69) is 5.32 Å². The molecule has 0 fully saturated rings. The minimum atomic E-state index is -0.439. The highest BCUT2D eigenvalue weighted by atomic mass is 19.1. The van der Waals surface area contributed by atoms with Gasteiger partial charge in [-0.25, -0.2) is 4.39 Å². The molecule has 2 aromatic rings. The third kappa shape index (κ3) is 2.88. The van der Waals surface area contributed by atoms with E-state index in [1.165, 1.54) is 12.1 Å². The van der Waals surface area contributed by atoms with E-state index in [4.69, 9.17) is 0 Å². The van der Waals surface area contributed by atoms with Crippen LogP contribution < -0.4 is 5.32 Å². The van der Waals surface area contributed by atoms with E-state index >= 15 is 0 Å². The number of nitro groups is 1. The van der Waals surface area contributed by atoms with Crippen LogP contribution in [-0.2, 0) is 6.54 Å². The first-order valence-electron chi connectivity index (χ1n) is 5.81. The summed E-state index contributed by atoms with van der Waals surface area (Å²) in [4.78, 5) is 10.4. The van der Waals surface area contributed by atoms with Gasteiger partial charge in [-0.2, -0.15) is 0 Å².